The maximum atomic E-state index is 11.2. The average molecular weight is 185 g/mol. The van der Waals surface area contributed by atoms with Gasteiger partial charge in [0.2, 0.25) is 0 Å². The highest BCUT2D eigenvalue weighted by Crippen LogP contribution is 2.22. The number of ether oxygens (including phenoxy) is 1. The van der Waals surface area contributed by atoms with Crippen molar-refractivity contribution in [1.82, 2.24) is 4.90 Å². The molecule has 1 aliphatic heterocycles. The van der Waals surface area contributed by atoms with E-state index in [4.69, 9.17) is 0 Å². The monoisotopic (exact) mass is 185 g/mol. The van der Waals surface area contributed by atoms with E-state index in [0.29, 0.717) is 13.0 Å². The minimum Gasteiger partial charge on any atom is -0.468 e. The maximum absolute atomic E-state index is 11.2. The Labute approximate surface area is 77.8 Å². The molecular formula is C9H15NO3. The van der Waals surface area contributed by atoms with E-state index in [0.717, 1.165) is 0 Å². The molecule has 0 aromatic rings. The Morgan fingerprint density at radius 3 is 2.46 bits per heavy atom. The fourth-order valence-electron chi connectivity index (χ4n) is 1.71. The predicted octanol–water partition coefficient (Wildman–Crippen LogP) is 0.0687. The quantitative estimate of drug-likeness (QED) is 0.571. The third kappa shape index (κ3) is 2.06. The van der Waals surface area contributed by atoms with Crippen LogP contribution in [-0.2, 0) is 14.3 Å². The van der Waals surface area contributed by atoms with Crippen molar-refractivity contribution >= 4 is 11.8 Å². The minimum atomic E-state index is -0.244. The van der Waals surface area contributed by atoms with Crippen LogP contribution in [0.5, 0.6) is 0 Å². The molecule has 1 saturated heterocycles. The minimum absolute atomic E-state index is 0.00546. The molecule has 0 unspecified atom stereocenters. The molecule has 1 heterocycles. The van der Waals surface area contributed by atoms with Gasteiger partial charge in [-0.3, -0.25) is 14.5 Å². The second-order valence-electron chi connectivity index (χ2n) is 3.52. The second kappa shape index (κ2) is 3.87. The van der Waals surface area contributed by atoms with Crippen molar-refractivity contribution in [3.05, 3.63) is 0 Å². The van der Waals surface area contributed by atoms with Crippen molar-refractivity contribution in [2.75, 3.05) is 20.7 Å². The average Bonchev–Trinajstić information content (AvgIpc) is 2.46. The number of methoxy groups -OCH3 is 1. The summed E-state index contributed by atoms with van der Waals surface area (Å²) in [6.07, 6.45) is 0.596. The molecule has 0 bridgehead atoms. The number of hydrogen-bond acceptors (Lipinski definition) is 4. The summed E-state index contributed by atoms with van der Waals surface area (Å²) in [7, 11) is 3.21. The van der Waals surface area contributed by atoms with Gasteiger partial charge in [-0.05, 0) is 20.4 Å². The number of ketones is 1. The SMILES string of the molecule is COC(=O)[C@@H]1C[C@H](C(C)=O)CN1C. The van der Waals surface area contributed by atoms with E-state index in [1.54, 1.807) is 6.92 Å². The molecule has 0 N–H and O–H groups in total. The van der Waals surface area contributed by atoms with Gasteiger partial charge >= 0.3 is 5.97 Å². The molecule has 2 atom stereocenters. The van der Waals surface area contributed by atoms with Crippen molar-refractivity contribution in [3.8, 4) is 0 Å². The Morgan fingerprint density at radius 2 is 2.08 bits per heavy atom. The van der Waals surface area contributed by atoms with Gasteiger partial charge in [-0.15, -0.1) is 0 Å². The van der Waals surface area contributed by atoms with Gasteiger partial charge in [-0.2, -0.15) is 0 Å². The standard InChI is InChI=1S/C9H15NO3/c1-6(11)7-4-8(9(12)13-3)10(2)5-7/h7-8H,4-5H2,1-3H3/t7-,8-/m0/s1. The number of nitrogens with zero attached hydrogens (tertiary/aromatic N) is 1. The number of hydrogen-bond donors (Lipinski definition) is 0. The molecule has 4 nitrogen and oxygen atoms in total. The van der Waals surface area contributed by atoms with E-state index in [1.807, 2.05) is 11.9 Å². The number of esters is 1. The van der Waals surface area contributed by atoms with Gasteiger partial charge in [0.05, 0.1) is 7.11 Å². The molecule has 0 saturated carbocycles. The molecule has 0 aliphatic carbocycles. The first kappa shape index (κ1) is 10.2. The number of likely N-dealkylation sites (tertiary alicyclic amines) is 1. The molecule has 1 fully saturated rings. The van der Waals surface area contributed by atoms with E-state index >= 15 is 0 Å². The first-order valence-electron chi connectivity index (χ1n) is 4.34. The summed E-state index contributed by atoms with van der Waals surface area (Å²) in [5.74, 6) is -0.0985. The first-order chi connectivity index (χ1) is 6.06. The molecule has 0 aromatic heterocycles. The summed E-state index contributed by atoms with van der Waals surface area (Å²) in [6, 6.07) is -0.237. The maximum Gasteiger partial charge on any atom is 0.323 e. The summed E-state index contributed by atoms with van der Waals surface area (Å²) in [5.41, 5.74) is 0. The van der Waals surface area contributed by atoms with Gasteiger partial charge in [-0.1, -0.05) is 0 Å². The highest BCUT2D eigenvalue weighted by Gasteiger charge is 2.36. The van der Waals surface area contributed by atoms with Crippen molar-refractivity contribution in [2.24, 2.45) is 5.92 Å². The first-order valence-corrected chi connectivity index (χ1v) is 4.34. The van der Waals surface area contributed by atoms with Gasteiger partial charge in [0, 0.05) is 12.5 Å². The Bertz CT molecular complexity index is 227. The zero-order valence-electron chi connectivity index (χ0n) is 8.24. The molecule has 0 spiro atoms. The Kier molecular flexibility index (Phi) is 3.03. The Morgan fingerprint density at radius 1 is 1.46 bits per heavy atom. The molecule has 0 amide bonds. The van der Waals surface area contributed by atoms with Crippen LogP contribution in [0.25, 0.3) is 0 Å². The van der Waals surface area contributed by atoms with Gasteiger partial charge in [0.15, 0.2) is 0 Å². The third-order valence-electron chi connectivity index (χ3n) is 2.60. The highest BCUT2D eigenvalue weighted by atomic mass is 16.5. The van der Waals surface area contributed by atoms with E-state index in [1.165, 1.54) is 7.11 Å². The van der Waals surface area contributed by atoms with E-state index in [2.05, 4.69) is 4.74 Å². The van der Waals surface area contributed by atoms with Crippen LogP contribution in [0.2, 0.25) is 0 Å². The van der Waals surface area contributed by atoms with Gasteiger partial charge < -0.3 is 4.74 Å². The van der Waals surface area contributed by atoms with Crippen molar-refractivity contribution in [3.63, 3.8) is 0 Å². The lowest BCUT2D eigenvalue weighted by Crippen LogP contribution is -2.33. The van der Waals surface area contributed by atoms with Crippen LogP contribution >= 0.6 is 0 Å². The Balaban J connectivity index is 2.61. The van der Waals surface area contributed by atoms with Gasteiger partial charge in [0.1, 0.15) is 11.8 Å². The number of Topliss-reactive ketones (excluding diaryl/α,β-unsaturated/α-hetero) is 1. The lowest BCUT2D eigenvalue weighted by atomic mass is 10.0. The van der Waals surface area contributed by atoms with Crippen molar-refractivity contribution in [2.45, 2.75) is 19.4 Å². The summed E-state index contributed by atoms with van der Waals surface area (Å²) in [4.78, 5) is 24.2. The van der Waals surface area contributed by atoms with Crippen LogP contribution in [-0.4, -0.2) is 43.4 Å². The highest BCUT2D eigenvalue weighted by molar-refractivity contribution is 5.82. The zero-order valence-corrected chi connectivity index (χ0v) is 8.24. The van der Waals surface area contributed by atoms with Crippen molar-refractivity contribution < 1.29 is 14.3 Å². The predicted molar refractivity (Wildman–Crippen MR) is 47.2 cm³/mol. The topological polar surface area (TPSA) is 46.6 Å². The number of carbonyl (C=O) groups excluding carboxylic acids is 2. The lowest BCUT2D eigenvalue weighted by Gasteiger charge is -2.15. The molecule has 13 heavy (non-hydrogen) atoms. The molecule has 1 rings (SSSR count). The number of carbonyl (C=O) groups is 2. The van der Waals surface area contributed by atoms with Crippen LogP contribution < -0.4 is 0 Å². The van der Waals surface area contributed by atoms with Crippen LogP contribution in [0.1, 0.15) is 13.3 Å². The molecule has 1 aliphatic rings. The van der Waals surface area contributed by atoms with E-state index in [-0.39, 0.29) is 23.7 Å². The van der Waals surface area contributed by atoms with Crippen LogP contribution in [0.3, 0.4) is 0 Å². The summed E-state index contributed by atoms with van der Waals surface area (Å²) < 4.78 is 4.64. The van der Waals surface area contributed by atoms with Crippen molar-refractivity contribution in [1.29, 1.82) is 0 Å². The van der Waals surface area contributed by atoms with Crippen LogP contribution in [0.4, 0.5) is 0 Å². The Hall–Kier alpha value is -0.900. The molecule has 4 heteroatoms. The molecule has 0 radical (unpaired) electrons. The summed E-state index contributed by atoms with van der Waals surface area (Å²) in [6.45, 7) is 2.23. The number of likely N-dealkylation sites (N-methyl/N-ethyl adjacent to an activating group) is 1. The molecule has 0 aromatic carbocycles. The fourth-order valence-corrected chi connectivity index (χ4v) is 1.71. The lowest BCUT2D eigenvalue weighted by molar-refractivity contribution is -0.145. The molecular weight excluding hydrogens is 170 g/mol. The fraction of sp³-hybridized carbons (Fsp3) is 0.778. The second-order valence-corrected chi connectivity index (χ2v) is 3.52. The van der Waals surface area contributed by atoms with E-state index in [9.17, 15) is 9.59 Å². The summed E-state index contributed by atoms with van der Waals surface area (Å²) >= 11 is 0. The summed E-state index contributed by atoms with van der Waals surface area (Å²) in [5, 5.41) is 0. The molecule has 74 valence electrons. The normalized spacial score (nSPS) is 28.8. The van der Waals surface area contributed by atoms with Gasteiger partial charge in [-0.25, -0.2) is 0 Å². The largest absolute Gasteiger partial charge is 0.468 e. The third-order valence-corrected chi connectivity index (χ3v) is 2.60. The van der Waals surface area contributed by atoms with E-state index < -0.39 is 0 Å². The zero-order chi connectivity index (χ0) is 10.0. The smallest absolute Gasteiger partial charge is 0.323 e. The van der Waals surface area contributed by atoms with Gasteiger partial charge in [0.25, 0.3) is 0 Å². The number of rotatable bonds is 2. The van der Waals surface area contributed by atoms with Crippen LogP contribution in [0.15, 0.2) is 0 Å². The van der Waals surface area contributed by atoms with Crippen LogP contribution in [0, 0.1) is 5.92 Å².